The molecule has 0 saturated carbocycles. The summed E-state index contributed by atoms with van der Waals surface area (Å²) in [6, 6.07) is 15.7. The van der Waals surface area contributed by atoms with Gasteiger partial charge in [-0.25, -0.2) is 0 Å². The SMILES string of the molecule is NCCNC(c1ccc(Cl)cc1)c1ccc(Cl)cc1. The first-order valence-corrected chi connectivity index (χ1v) is 6.90. The van der Waals surface area contributed by atoms with Crippen LogP contribution in [-0.4, -0.2) is 13.1 Å². The fraction of sp³-hybridized carbons (Fsp3) is 0.200. The monoisotopic (exact) mass is 294 g/mol. The van der Waals surface area contributed by atoms with Crippen molar-refractivity contribution in [3.8, 4) is 0 Å². The van der Waals surface area contributed by atoms with Crippen LogP contribution in [-0.2, 0) is 0 Å². The van der Waals surface area contributed by atoms with Gasteiger partial charge in [-0.3, -0.25) is 0 Å². The molecule has 0 aliphatic heterocycles. The number of nitrogens with one attached hydrogen (secondary N) is 1. The Kier molecular flexibility index (Phi) is 5.23. The summed E-state index contributed by atoms with van der Waals surface area (Å²) in [5.41, 5.74) is 7.88. The smallest absolute Gasteiger partial charge is 0.0577 e. The highest BCUT2D eigenvalue weighted by molar-refractivity contribution is 6.30. The minimum absolute atomic E-state index is 0.0954. The Hall–Kier alpha value is -1.06. The number of hydrogen-bond donors (Lipinski definition) is 2. The molecule has 2 nitrogen and oxygen atoms in total. The highest BCUT2D eigenvalue weighted by atomic mass is 35.5. The molecule has 0 saturated heterocycles. The molecule has 0 spiro atoms. The summed E-state index contributed by atoms with van der Waals surface area (Å²) >= 11 is 11.9. The largest absolute Gasteiger partial charge is 0.329 e. The van der Waals surface area contributed by atoms with Gasteiger partial charge in [0, 0.05) is 23.1 Å². The lowest BCUT2D eigenvalue weighted by molar-refractivity contribution is 0.612. The number of rotatable bonds is 5. The fourth-order valence-corrected chi connectivity index (χ4v) is 2.22. The van der Waals surface area contributed by atoms with Crippen LogP contribution in [0.2, 0.25) is 10.0 Å². The number of benzene rings is 2. The van der Waals surface area contributed by atoms with Gasteiger partial charge in [-0.1, -0.05) is 47.5 Å². The zero-order valence-electron chi connectivity index (χ0n) is 10.4. The van der Waals surface area contributed by atoms with Crippen molar-refractivity contribution in [2.75, 3.05) is 13.1 Å². The zero-order chi connectivity index (χ0) is 13.7. The number of halogens is 2. The van der Waals surface area contributed by atoms with E-state index in [4.69, 9.17) is 28.9 Å². The van der Waals surface area contributed by atoms with E-state index < -0.39 is 0 Å². The lowest BCUT2D eigenvalue weighted by Gasteiger charge is -2.19. The second kappa shape index (κ2) is 6.92. The standard InChI is InChI=1S/C15H16Cl2N2/c16-13-5-1-11(2-6-13)15(19-10-9-18)12-3-7-14(17)8-4-12/h1-8,15,19H,9-10,18H2. The molecule has 2 aromatic rings. The first kappa shape index (κ1) is 14.4. The summed E-state index contributed by atoms with van der Waals surface area (Å²) in [4.78, 5) is 0. The van der Waals surface area contributed by atoms with E-state index >= 15 is 0 Å². The van der Waals surface area contributed by atoms with Crippen LogP contribution in [0.25, 0.3) is 0 Å². The normalized spacial score (nSPS) is 10.9. The van der Waals surface area contributed by atoms with E-state index in [2.05, 4.69) is 5.32 Å². The third kappa shape index (κ3) is 3.95. The fourth-order valence-electron chi connectivity index (χ4n) is 1.97. The van der Waals surface area contributed by atoms with Crippen molar-refractivity contribution < 1.29 is 0 Å². The molecule has 0 amide bonds. The molecular formula is C15H16Cl2N2. The Bertz CT molecular complexity index is 463. The number of hydrogen-bond acceptors (Lipinski definition) is 2. The van der Waals surface area contributed by atoms with E-state index in [1.54, 1.807) is 0 Å². The summed E-state index contributed by atoms with van der Waals surface area (Å²) in [6.07, 6.45) is 0. The molecule has 0 bridgehead atoms. The molecular weight excluding hydrogens is 279 g/mol. The van der Waals surface area contributed by atoms with Gasteiger partial charge in [-0.15, -0.1) is 0 Å². The summed E-state index contributed by atoms with van der Waals surface area (Å²) in [5.74, 6) is 0. The topological polar surface area (TPSA) is 38.0 Å². The second-order valence-corrected chi connectivity index (χ2v) is 5.15. The molecule has 2 aromatic carbocycles. The van der Waals surface area contributed by atoms with E-state index in [0.29, 0.717) is 6.54 Å². The van der Waals surface area contributed by atoms with E-state index in [1.807, 2.05) is 48.5 Å². The van der Waals surface area contributed by atoms with Crippen LogP contribution in [0.5, 0.6) is 0 Å². The van der Waals surface area contributed by atoms with Gasteiger partial charge in [-0.2, -0.15) is 0 Å². The van der Waals surface area contributed by atoms with Crippen LogP contribution in [0.4, 0.5) is 0 Å². The van der Waals surface area contributed by atoms with Crippen molar-refractivity contribution in [2.24, 2.45) is 5.73 Å². The minimum Gasteiger partial charge on any atom is -0.329 e. The summed E-state index contributed by atoms with van der Waals surface area (Å²) in [5, 5.41) is 4.90. The third-order valence-corrected chi connectivity index (χ3v) is 3.40. The van der Waals surface area contributed by atoms with Gasteiger partial charge in [0.1, 0.15) is 0 Å². The molecule has 19 heavy (non-hydrogen) atoms. The average Bonchev–Trinajstić information content (AvgIpc) is 2.43. The molecule has 3 N–H and O–H groups in total. The Morgan fingerprint density at radius 2 is 1.26 bits per heavy atom. The molecule has 0 unspecified atom stereocenters. The van der Waals surface area contributed by atoms with Crippen LogP contribution < -0.4 is 11.1 Å². The van der Waals surface area contributed by atoms with Crippen LogP contribution in [0.1, 0.15) is 17.2 Å². The minimum atomic E-state index is 0.0954. The third-order valence-electron chi connectivity index (χ3n) is 2.90. The molecule has 100 valence electrons. The zero-order valence-corrected chi connectivity index (χ0v) is 12.0. The van der Waals surface area contributed by atoms with Crippen LogP contribution in [0.15, 0.2) is 48.5 Å². The predicted octanol–water partition coefficient (Wildman–Crippen LogP) is 3.63. The van der Waals surface area contributed by atoms with Crippen molar-refractivity contribution in [2.45, 2.75) is 6.04 Å². The molecule has 2 rings (SSSR count). The van der Waals surface area contributed by atoms with Gasteiger partial charge in [0.05, 0.1) is 6.04 Å². The quantitative estimate of drug-likeness (QED) is 0.884. The molecule has 0 aliphatic carbocycles. The molecule has 0 aromatic heterocycles. The lowest BCUT2D eigenvalue weighted by Crippen LogP contribution is -2.28. The van der Waals surface area contributed by atoms with Crippen molar-refractivity contribution in [1.29, 1.82) is 0 Å². The molecule has 0 radical (unpaired) electrons. The second-order valence-electron chi connectivity index (χ2n) is 4.28. The Morgan fingerprint density at radius 1 is 0.842 bits per heavy atom. The highest BCUT2D eigenvalue weighted by Gasteiger charge is 2.12. The van der Waals surface area contributed by atoms with Crippen LogP contribution >= 0.6 is 23.2 Å². The number of nitrogens with two attached hydrogens (primary N) is 1. The Balaban J connectivity index is 2.29. The molecule has 4 heteroatoms. The predicted molar refractivity (Wildman–Crippen MR) is 81.8 cm³/mol. The summed E-state index contributed by atoms with van der Waals surface area (Å²) < 4.78 is 0. The maximum Gasteiger partial charge on any atom is 0.0577 e. The molecule has 0 heterocycles. The summed E-state index contributed by atoms with van der Waals surface area (Å²) in [6.45, 7) is 1.34. The van der Waals surface area contributed by atoms with Crippen LogP contribution in [0.3, 0.4) is 0 Å². The van der Waals surface area contributed by atoms with E-state index in [9.17, 15) is 0 Å². The van der Waals surface area contributed by atoms with Gasteiger partial charge >= 0.3 is 0 Å². The molecule has 0 fully saturated rings. The maximum atomic E-state index is 5.93. The van der Waals surface area contributed by atoms with E-state index in [1.165, 1.54) is 0 Å². The molecule has 0 atom stereocenters. The Morgan fingerprint density at radius 3 is 1.63 bits per heavy atom. The first-order valence-electron chi connectivity index (χ1n) is 6.15. The van der Waals surface area contributed by atoms with Crippen LogP contribution in [0, 0.1) is 0 Å². The van der Waals surface area contributed by atoms with Gasteiger partial charge in [0.2, 0.25) is 0 Å². The van der Waals surface area contributed by atoms with Crippen molar-refractivity contribution in [3.63, 3.8) is 0 Å². The van der Waals surface area contributed by atoms with Gasteiger partial charge in [0.15, 0.2) is 0 Å². The molecule has 0 aliphatic rings. The van der Waals surface area contributed by atoms with Gasteiger partial charge in [0.25, 0.3) is 0 Å². The van der Waals surface area contributed by atoms with E-state index in [0.717, 1.165) is 27.7 Å². The average molecular weight is 295 g/mol. The van der Waals surface area contributed by atoms with Crippen molar-refractivity contribution in [1.82, 2.24) is 5.32 Å². The van der Waals surface area contributed by atoms with Crippen molar-refractivity contribution >= 4 is 23.2 Å². The van der Waals surface area contributed by atoms with E-state index in [-0.39, 0.29) is 6.04 Å². The lowest BCUT2D eigenvalue weighted by atomic mass is 9.99. The summed E-state index contributed by atoms with van der Waals surface area (Å²) in [7, 11) is 0. The Labute approximate surface area is 123 Å². The van der Waals surface area contributed by atoms with Gasteiger partial charge in [-0.05, 0) is 35.4 Å². The van der Waals surface area contributed by atoms with Crippen molar-refractivity contribution in [3.05, 3.63) is 69.7 Å². The van der Waals surface area contributed by atoms with Gasteiger partial charge < -0.3 is 11.1 Å². The first-order chi connectivity index (χ1) is 9.20. The maximum absolute atomic E-state index is 5.93. The highest BCUT2D eigenvalue weighted by Crippen LogP contribution is 2.24.